The number of aliphatic carboxylic acids is 2. The zero-order valence-corrected chi connectivity index (χ0v) is 7.65. The highest BCUT2D eigenvalue weighted by atomic mass is 19.1. The molecule has 0 heterocycles. The lowest BCUT2D eigenvalue weighted by Gasteiger charge is -2.08. The predicted molar refractivity (Wildman–Crippen MR) is 46.6 cm³/mol. The van der Waals surface area contributed by atoms with Gasteiger partial charge in [-0.3, -0.25) is 9.59 Å². The molecule has 4 N–H and O–H groups in total. The van der Waals surface area contributed by atoms with Gasteiger partial charge in [0.1, 0.15) is 12.2 Å². The molecule has 5 nitrogen and oxygen atoms in total. The van der Waals surface area contributed by atoms with E-state index < -0.39 is 24.2 Å². The van der Waals surface area contributed by atoms with Gasteiger partial charge in [0.25, 0.3) is 0 Å². The third-order valence-corrected chi connectivity index (χ3v) is 1.78. The molecule has 2 unspecified atom stereocenters. The number of rotatable bonds is 7. The van der Waals surface area contributed by atoms with E-state index in [2.05, 4.69) is 0 Å². The van der Waals surface area contributed by atoms with Crippen molar-refractivity contribution >= 4 is 11.9 Å². The maximum Gasteiger partial charge on any atom is 0.320 e. The summed E-state index contributed by atoms with van der Waals surface area (Å²) in [6, 6.07) is -1.07. The molecule has 0 bridgehead atoms. The van der Waals surface area contributed by atoms with Crippen molar-refractivity contribution in [3.8, 4) is 0 Å². The summed E-state index contributed by atoms with van der Waals surface area (Å²) in [6.07, 6.45) is -1.63. The molecule has 0 spiro atoms. The average molecular weight is 207 g/mol. The molecule has 0 aromatic carbocycles. The lowest BCUT2D eigenvalue weighted by molar-refractivity contribution is -0.139. The minimum Gasteiger partial charge on any atom is -0.481 e. The van der Waals surface area contributed by atoms with Crippen LogP contribution in [0, 0.1) is 0 Å². The van der Waals surface area contributed by atoms with Crippen molar-refractivity contribution in [2.75, 3.05) is 0 Å². The second-order valence-electron chi connectivity index (χ2n) is 3.05. The van der Waals surface area contributed by atoms with Crippen molar-refractivity contribution in [2.24, 2.45) is 5.73 Å². The van der Waals surface area contributed by atoms with Crippen molar-refractivity contribution in [1.82, 2.24) is 0 Å². The van der Waals surface area contributed by atoms with Crippen molar-refractivity contribution in [3.05, 3.63) is 0 Å². The van der Waals surface area contributed by atoms with E-state index >= 15 is 0 Å². The second kappa shape index (κ2) is 6.31. The molecule has 0 saturated heterocycles. The van der Waals surface area contributed by atoms with Gasteiger partial charge in [0.2, 0.25) is 0 Å². The van der Waals surface area contributed by atoms with Gasteiger partial charge in [-0.2, -0.15) is 0 Å². The zero-order valence-electron chi connectivity index (χ0n) is 7.65. The molecule has 0 saturated carbocycles. The lowest BCUT2D eigenvalue weighted by atomic mass is 10.1. The highest BCUT2D eigenvalue weighted by Gasteiger charge is 2.15. The Morgan fingerprint density at radius 3 is 2.21 bits per heavy atom. The lowest BCUT2D eigenvalue weighted by Crippen LogP contribution is -2.30. The number of nitrogens with two attached hydrogens (primary N) is 1. The van der Waals surface area contributed by atoms with E-state index in [0.29, 0.717) is 0 Å². The van der Waals surface area contributed by atoms with E-state index in [0.717, 1.165) is 0 Å². The van der Waals surface area contributed by atoms with Gasteiger partial charge in [0.05, 0.1) is 0 Å². The van der Waals surface area contributed by atoms with Crippen molar-refractivity contribution in [2.45, 2.75) is 37.9 Å². The average Bonchev–Trinajstić information content (AvgIpc) is 2.10. The molecule has 82 valence electrons. The molecule has 0 radical (unpaired) electrons. The first-order chi connectivity index (χ1) is 6.43. The summed E-state index contributed by atoms with van der Waals surface area (Å²) in [5, 5.41) is 16.6. The van der Waals surface area contributed by atoms with Gasteiger partial charge in [-0.05, 0) is 19.3 Å². The molecule has 0 amide bonds. The van der Waals surface area contributed by atoms with Crippen LogP contribution < -0.4 is 5.73 Å². The third kappa shape index (κ3) is 6.36. The number of halogens is 1. The molecule has 6 heteroatoms. The van der Waals surface area contributed by atoms with Gasteiger partial charge >= 0.3 is 11.9 Å². The predicted octanol–water partition coefficient (Wildman–Crippen LogP) is 0.381. The Morgan fingerprint density at radius 1 is 1.21 bits per heavy atom. The van der Waals surface area contributed by atoms with Crippen LogP contribution in [0.3, 0.4) is 0 Å². The van der Waals surface area contributed by atoms with E-state index in [9.17, 15) is 14.0 Å². The standard InChI is InChI=1S/C8H14FNO4/c9-5(2-4-7(11)12)1-3-6(10)8(13)14/h5-6H,1-4,10H2,(H,11,12)(H,13,14). The molecule has 2 atom stereocenters. The van der Waals surface area contributed by atoms with E-state index in [1.54, 1.807) is 0 Å². The number of carbonyl (C=O) groups is 2. The third-order valence-electron chi connectivity index (χ3n) is 1.78. The molecule has 0 aliphatic rings. The Balaban J connectivity index is 3.58. The maximum absolute atomic E-state index is 12.9. The topological polar surface area (TPSA) is 101 Å². The quantitative estimate of drug-likeness (QED) is 0.560. The zero-order chi connectivity index (χ0) is 11.1. The van der Waals surface area contributed by atoms with Crippen LogP contribution in [-0.4, -0.2) is 34.4 Å². The van der Waals surface area contributed by atoms with Crippen LogP contribution in [-0.2, 0) is 9.59 Å². The fourth-order valence-corrected chi connectivity index (χ4v) is 0.908. The first kappa shape index (κ1) is 12.8. The molecule has 0 aromatic heterocycles. The molecule has 0 aliphatic carbocycles. The van der Waals surface area contributed by atoms with E-state index in [1.165, 1.54) is 0 Å². The second-order valence-corrected chi connectivity index (χ2v) is 3.05. The normalized spacial score (nSPS) is 14.7. The summed E-state index contributed by atoms with van der Waals surface area (Å²) in [5.41, 5.74) is 5.14. The maximum atomic E-state index is 12.9. The minimum absolute atomic E-state index is 0.0131. The molecule has 0 aliphatic heterocycles. The van der Waals surface area contributed by atoms with Gasteiger partial charge in [-0.25, -0.2) is 4.39 Å². The molecule has 14 heavy (non-hydrogen) atoms. The largest absolute Gasteiger partial charge is 0.481 e. The molecular weight excluding hydrogens is 193 g/mol. The van der Waals surface area contributed by atoms with Crippen LogP contribution >= 0.6 is 0 Å². The van der Waals surface area contributed by atoms with Gasteiger partial charge in [-0.15, -0.1) is 0 Å². The number of hydrogen-bond acceptors (Lipinski definition) is 3. The van der Waals surface area contributed by atoms with Crippen LogP contribution in [0.1, 0.15) is 25.7 Å². The van der Waals surface area contributed by atoms with Crippen LogP contribution in [0.4, 0.5) is 4.39 Å². The number of hydrogen-bond donors (Lipinski definition) is 3. The fraction of sp³-hybridized carbons (Fsp3) is 0.750. The summed E-state index contributed by atoms with van der Waals surface area (Å²) >= 11 is 0. The molecule has 0 aromatic rings. The molecular formula is C8H14FNO4. The summed E-state index contributed by atoms with van der Waals surface area (Å²) in [7, 11) is 0. The highest BCUT2D eigenvalue weighted by molar-refractivity contribution is 5.72. The smallest absolute Gasteiger partial charge is 0.320 e. The summed E-state index contributed by atoms with van der Waals surface area (Å²) in [5.74, 6) is -2.23. The van der Waals surface area contributed by atoms with Crippen molar-refractivity contribution in [1.29, 1.82) is 0 Å². The Bertz CT molecular complexity index is 210. The van der Waals surface area contributed by atoms with Gasteiger partial charge in [0, 0.05) is 6.42 Å². The van der Waals surface area contributed by atoms with E-state index in [1.807, 2.05) is 0 Å². The Hall–Kier alpha value is -1.17. The Morgan fingerprint density at radius 2 is 1.79 bits per heavy atom. The molecule has 0 fully saturated rings. The van der Waals surface area contributed by atoms with Crippen molar-refractivity contribution in [3.63, 3.8) is 0 Å². The SMILES string of the molecule is NC(CCC(F)CCC(=O)O)C(=O)O. The minimum atomic E-state index is -1.29. The number of alkyl halides is 1. The first-order valence-corrected chi connectivity index (χ1v) is 4.27. The fourth-order valence-electron chi connectivity index (χ4n) is 0.908. The van der Waals surface area contributed by atoms with Gasteiger partial charge < -0.3 is 15.9 Å². The number of carboxylic acids is 2. The van der Waals surface area contributed by atoms with Crippen LogP contribution in [0.2, 0.25) is 0 Å². The number of carboxylic acid groups (broad SMARTS) is 2. The van der Waals surface area contributed by atoms with Gasteiger partial charge in [0.15, 0.2) is 0 Å². The Labute approximate surface area is 80.7 Å². The van der Waals surface area contributed by atoms with Crippen LogP contribution in [0.15, 0.2) is 0 Å². The van der Waals surface area contributed by atoms with Crippen LogP contribution in [0.5, 0.6) is 0 Å². The first-order valence-electron chi connectivity index (χ1n) is 4.27. The summed E-state index contributed by atoms with van der Waals surface area (Å²) in [4.78, 5) is 20.3. The van der Waals surface area contributed by atoms with E-state index in [-0.39, 0.29) is 25.7 Å². The Kier molecular flexibility index (Phi) is 5.78. The van der Waals surface area contributed by atoms with Crippen LogP contribution in [0.25, 0.3) is 0 Å². The summed E-state index contributed by atoms with van der Waals surface area (Å²) in [6.45, 7) is 0. The van der Waals surface area contributed by atoms with Crippen molar-refractivity contribution < 1.29 is 24.2 Å². The van der Waals surface area contributed by atoms with Gasteiger partial charge in [-0.1, -0.05) is 0 Å². The summed E-state index contributed by atoms with van der Waals surface area (Å²) < 4.78 is 12.9. The monoisotopic (exact) mass is 207 g/mol. The van der Waals surface area contributed by atoms with E-state index in [4.69, 9.17) is 15.9 Å². The highest BCUT2D eigenvalue weighted by Crippen LogP contribution is 2.10. The molecule has 0 rings (SSSR count).